The van der Waals surface area contributed by atoms with E-state index in [0.717, 1.165) is 12.0 Å². The summed E-state index contributed by atoms with van der Waals surface area (Å²) < 4.78 is 0. The highest BCUT2D eigenvalue weighted by Crippen LogP contribution is 2.34. The van der Waals surface area contributed by atoms with Gasteiger partial charge in [0.05, 0.1) is 5.02 Å². The molecule has 1 aliphatic rings. The number of nitrogens with two attached hydrogens (primary N) is 1. The van der Waals surface area contributed by atoms with Crippen molar-refractivity contribution in [1.29, 1.82) is 0 Å². The van der Waals surface area contributed by atoms with E-state index in [1.165, 1.54) is 34.6 Å². The number of aryl methyl sites for hydroxylation is 2. The Kier molecular flexibility index (Phi) is 3.37. The number of aromatic nitrogens is 1. The Hall–Kier alpha value is -0.900. The van der Waals surface area contributed by atoms with Crippen molar-refractivity contribution < 1.29 is 0 Å². The van der Waals surface area contributed by atoms with Gasteiger partial charge in [-0.25, -0.2) is 0 Å². The van der Waals surface area contributed by atoms with Gasteiger partial charge in [0, 0.05) is 28.2 Å². The van der Waals surface area contributed by atoms with Crippen molar-refractivity contribution in [3.63, 3.8) is 0 Å². The maximum absolute atomic E-state index is 6.29. The molecule has 2 nitrogen and oxygen atoms in total. The van der Waals surface area contributed by atoms with Gasteiger partial charge < -0.3 is 5.73 Å². The molecule has 2 heterocycles. The Morgan fingerprint density at radius 3 is 3.11 bits per heavy atom. The molecule has 94 valence electrons. The maximum Gasteiger partial charge on any atom is 0.0622 e. The van der Waals surface area contributed by atoms with Crippen LogP contribution in [0.2, 0.25) is 5.02 Å². The molecule has 2 aromatic rings. The smallest absolute Gasteiger partial charge is 0.0622 e. The van der Waals surface area contributed by atoms with Crippen LogP contribution in [0.4, 0.5) is 0 Å². The molecule has 0 radical (unpaired) electrons. The predicted molar refractivity (Wildman–Crippen MR) is 76.2 cm³/mol. The van der Waals surface area contributed by atoms with E-state index < -0.39 is 0 Å². The summed E-state index contributed by atoms with van der Waals surface area (Å²) in [5, 5.41) is 0.706. The fraction of sp³-hybridized carbons (Fsp3) is 0.357. The van der Waals surface area contributed by atoms with Gasteiger partial charge in [-0.15, -0.1) is 11.3 Å². The molecule has 0 spiro atoms. The molecule has 2 N–H and O–H groups in total. The van der Waals surface area contributed by atoms with Crippen molar-refractivity contribution >= 4 is 22.9 Å². The first-order chi connectivity index (χ1) is 8.74. The Balaban J connectivity index is 1.78. The van der Waals surface area contributed by atoms with Crippen molar-refractivity contribution in [3.8, 4) is 0 Å². The molecule has 0 aromatic carbocycles. The number of hydrogen-bond donors (Lipinski definition) is 1. The third kappa shape index (κ3) is 2.30. The number of halogens is 1. The SMILES string of the molecule is NC(Cc1ccncc1Cl)c1cc2c(s1)CCC2. The summed E-state index contributed by atoms with van der Waals surface area (Å²) >= 11 is 7.99. The number of rotatable bonds is 3. The zero-order valence-electron chi connectivity index (χ0n) is 10.0. The summed E-state index contributed by atoms with van der Waals surface area (Å²) in [6.45, 7) is 0. The summed E-state index contributed by atoms with van der Waals surface area (Å²) in [4.78, 5) is 6.81. The second-order valence-electron chi connectivity index (χ2n) is 4.73. The first-order valence-electron chi connectivity index (χ1n) is 6.19. The van der Waals surface area contributed by atoms with Crippen LogP contribution in [0.25, 0.3) is 0 Å². The van der Waals surface area contributed by atoms with Crippen LogP contribution in [0.15, 0.2) is 24.5 Å². The van der Waals surface area contributed by atoms with E-state index in [0.29, 0.717) is 5.02 Å². The minimum absolute atomic E-state index is 0.0421. The van der Waals surface area contributed by atoms with Crippen LogP contribution in [0, 0.1) is 0 Å². The van der Waals surface area contributed by atoms with Gasteiger partial charge >= 0.3 is 0 Å². The quantitative estimate of drug-likeness (QED) is 0.933. The van der Waals surface area contributed by atoms with Crippen molar-refractivity contribution in [3.05, 3.63) is 50.4 Å². The number of hydrogen-bond acceptors (Lipinski definition) is 3. The van der Waals surface area contributed by atoms with E-state index >= 15 is 0 Å². The highest BCUT2D eigenvalue weighted by Gasteiger charge is 2.18. The average molecular weight is 279 g/mol. The molecule has 1 unspecified atom stereocenters. The fourth-order valence-electron chi connectivity index (χ4n) is 2.44. The lowest BCUT2D eigenvalue weighted by Crippen LogP contribution is -2.12. The van der Waals surface area contributed by atoms with Crippen molar-refractivity contribution in [2.75, 3.05) is 0 Å². The molecule has 2 aromatic heterocycles. The molecular formula is C14H15ClN2S. The normalized spacial score (nSPS) is 15.7. The third-order valence-electron chi connectivity index (χ3n) is 3.43. The van der Waals surface area contributed by atoms with Crippen molar-refractivity contribution in [1.82, 2.24) is 4.98 Å². The summed E-state index contributed by atoms with van der Waals surface area (Å²) in [5.41, 5.74) is 8.87. The topological polar surface area (TPSA) is 38.9 Å². The minimum atomic E-state index is 0.0421. The van der Waals surface area contributed by atoms with Crippen LogP contribution >= 0.6 is 22.9 Å². The number of fused-ring (bicyclic) bond motifs is 1. The summed E-state index contributed by atoms with van der Waals surface area (Å²) in [7, 11) is 0. The molecule has 0 fully saturated rings. The molecule has 18 heavy (non-hydrogen) atoms. The maximum atomic E-state index is 6.29. The zero-order chi connectivity index (χ0) is 12.5. The van der Waals surface area contributed by atoms with Gasteiger partial charge in [-0.3, -0.25) is 4.98 Å². The van der Waals surface area contributed by atoms with Crippen LogP contribution in [-0.4, -0.2) is 4.98 Å². The van der Waals surface area contributed by atoms with Crippen LogP contribution in [-0.2, 0) is 19.3 Å². The van der Waals surface area contributed by atoms with E-state index in [4.69, 9.17) is 17.3 Å². The van der Waals surface area contributed by atoms with Gasteiger partial charge in [-0.1, -0.05) is 11.6 Å². The molecule has 1 atom stereocenters. The first-order valence-corrected chi connectivity index (χ1v) is 7.39. The van der Waals surface area contributed by atoms with Crippen LogP contribution < -0.4 is 5.73 Å². The highest BCUT2D eigenvalue weighted by atomic mass is 35.5. The van der Waals surface area contributed by atoms with Gasteiger partial charge in [-0.2, -0.15) is 0 Å². The lowest BCUT2D eigenvalue weighted by atomic mass is 10.1. The Morgan fingerprint density at radius 2 is 2.33 bits per heavy atom. The number of nitrogens with zero attached hydrogens (tertiary/aromatic N) is 1. The number of pyridine rings is 1. The van der Waals surface area contributed by atoms with Gasteiger partial charge in [0.15, 0.2) is 0 Å². The lowest BCUT2D eigenvalue weighted by Gasteiger charge is -2.10. The van der Waals surface area contributed by atoms with E-state index in [9.17, 15) is 0 Å². The summed E-state index contributed by atoms with van der Waals surface area (Å²) in [5.74, 6) is 0. The van der Waals surface area contributed by atoms with Gasteiger partial charge in [0.25, 0.3) is 0 Å². The van der Waals surface area contributed by atoms with Crippen LogP contribution in [0.3, 0.4) is 0 Å². The van der Waals surface area contributed by atoms with Gasteiger partial charge in [0.2, 0.25) is 0 Å². The third-order valence-corrected chi connectivity index (χ3v) is 5.14. The van der Waals surface area contributed by atoms with E-state index in [1.807, 2.05) is 17.4 Å². The van der Waals surface area contributed by atoms with E-state index in [2.05, 4.69) is 11.1 Å². The zero-order valence-corrected chi connectivity index (χ0v) is 11.6. The Morgan fingerprint density at radius 1 is 1.44 bits per heavy atom. The average Bonchev–Trinajstić information content (AvgIpc) is 2.92. The van der Waals surface area contributed by atoms with Crippen molar-refractivity contribution in [2.24, 2.45) is 5.73 Å². The summed E-state index contributed by atoms with van der Waals surface area (Å²) in [6.07, 6.45) is 7.96. The number of thiophene rings is 1. The van der Waals surface area contributed by atoms with E-state index in [-0.39, 0.29) is 6.04 Å². The molecule has 1 aliphatic carbocycles. The standard InChI is InChI=1S/C14H15ClN2S/c15-11-8-17-5-4-9(11)6-12(16)14-7-10-2-1-3-13(10)18-14/h4-5,7-8,12H,1-3,6,16H2. The van der Waals surface area contributed by atoms with Gasteiger partial charge in [0.1, 0.15) is 0 Å². The van der Waals surface area contributed by atoms with E-state index in [1.54, 1.807) is 12.4 Å². The monoisotopic (exact) mass is 278 g/mol. The van der Waals surface area contributed by atoms with Gasteiger partial charge in [-0.05, 0) is 48.9 Å². The molecular weight excluding hydrogens is 264 g/mol. The lowest BCUT2D eigenvalue weighted by molar-refractivity contribution is 0.734. The molecule has 0 amide bonds. The Bertz CT molecular complexity index is 543. The Labute approximate surface area is 116 Å². The molecule has 0 saturated heterocycles. The second-order valence-corrected chi connectivity index (χ2v) is 6.30. The predicted octanol–water partition coefficient (Wildman–Crippen LogP) is 3.53. The first kappa shape index (κ1) is 12.2. The highest BCUT2D eigenvalue weighted by molar-refractivity contribution is 7.12. The minimum Gasteiger partial charge on any atom is -0.323 e. The molecule has 0 saturated carbocycles. The molecule has 0 bridgehead atoms. The molecule has 4 heteroatoms. The largest absolute Gasteiger partial charge is 0.323 e. The summed E-state index contributed by atoms with van der Waals surface area (Å²) in [6, 6.07) is 4.27. The fourth-order valence-corrected chi connectivity index (χ4v) is 3.90. The van der Waals surface area contributed by atoms with Crippen LogP contribution in [0.5, 0.6) is 0 Å². The second kappa shape index (κ2) is 5.00. The molecule has 0 aliphatic heterocycles. The van der Waals surface area contributed by atoms with Crippen LogP contribution in [0.1, 0.15) is 33.3 Å². The van der Waals surface area contributed by atoms with Crippen molar-refractivity contribution in [2.45, 2.75) is 31.7 Å². The molecule has 3 rings (SSSR count).